The summed E-state index contributed by atoms with van der Waals surface area (Å²) in [6.45, 7) is 3.71. The van der Waals surface area contributed by atoms with Crippen LogP contribution in [0.2, 0.25) is 0 Å². The topological polar surface area (TPSA) is 54.5 Å². The van der Waals surface area contributed by atoms with Crippen LogP contribution >= 0.6 is 0 Å². The fourth-order valence-corrected chi connectivity index (χ4v) is 5.10. The number of likely N-dealkylation sites (tertiary alicyclic amines) is 1. The lowest BCUT2D eigenvalue weighted by Gasteiger charge is -2.37. The molecule has 3 aromatic carbocycles. The highest BCUT2D eigenvalue weighted by Gasteiger charge is 2.32. The van der Waals surface area contributed by atoms with Gasteiger partial charge in [-0.15, -0.1) is 0 Å². The van der Waals surface area contributed by atoms with Gasteiger partial charge in [0, 0.05) is 38.3 Å². The zero-order valence-electron chi connectivity index (χ0n) is 20.6. The summed E-state index contributed by atoms with van der Waals surface area (Å²) in [5.74, 6) is 1.12. The Morgan fingerprint density at radius 3 is 2.58 bits per heavy atom. The smallest absolute Gasteiger partial charge is 0.224 e. The molecule has 0 saturated carbocycles. The Balaban J connectivity index is 1.24. The number of carbonyl (C=O) groups excluding carboxylic acids is 1. The molecule has 1 amide bonds. The second-order valence-corrected chi connectivity index (χ2v) is 9.70. The molecule has 5 rings (SSSR count). The van der Waals surface area contributed by atoms with Crippen molar-refractivity contribution in [2.75, 3.05) is 26.2 Å². The molecule has 0 unspecified atom stereocenters. The van der Waals surface area contributed by atoms with Crippen molar-refractivity contribution in [2.45, 2.75) is 19.4 Å². The van der Waals surface area contributed by atoms with Crippen LogP contribution in [0.3, 0.4) is 0 Å². The molecule has 0 aliphatic carbocycles. The van der Waals surface area contributed by atoms with Crippen LogP contribution in [-0.2, 0) is 17.8 Å². The van der Waals surface area contributed by atoms with E-state index in [1.807, 2.05) is 30.3 Å². The van der Waals surface area contributed by atoms with E-state index in [0.717, 1.165) is 38.2 Å². The molecule has 0 bridgehead atoms. The number of piperidine rings is 1. The first kappa shape index (κ1) is 24.0. The number of carbonyl (C=O) groups is 1. The first-order valence-corrected chi connectivity index (χ1v) is 12.8. The number of aromatic nitrogens is 1. The van der Waals surface area contributed by atoms with Crippen LogP contribution in [0, 0.1) is 11.8 Å². The van der Waals surface area contributed by atoms with Gasteiger partial charge in [-0.1, -0.05) is 66.7 Å². The molecule has 1 aliphatic rings. The summed E-state index contributed by atoms with van der Waals surface area (Å²) < 4.78 is 6.05. The Morgan fingerprint density at radius 2 is 1.75 bits per heavy atom. The molecule has 1 fully saturated rings. The second kappa shape index (κ2) is 11.8. The molecule has 1 saturated heterocycles. The summed E-state index contributed by atoms with van der Waals surface area (Å²) in [6.07, 6.45) is 5.15. The normalized spacial score (nSPS) is 18.1. The molecule has 5 heteroatoms. The van der Waals surface area contributed by atoms with Crippen molar-refractivity contribution in [2.24, 2.45) is 11.8 Å². The second-order valence-electron chi connectivity index (χ2n) is 9.70. The van der Waals surface area contributed by atoms with Gasteiger partial charge in [-0.2, -0.15) is 0 Å². The maximum Gasteiger partial charge on any atom is 0.224 e. The number of benzene rings is 3. The van der Waals surface area contributed by atoms with Gasteiger partial charge in [-0.25, -0.2) is 0 Å². The van der Waals surface area contributed by atoms with Crippen molar-refractivity contribution >= 4 is 16.7 Å². The van der Waals surface area contributed by atoms with Crippen LogP contribution in [0.4, 0.5) is 0 Å². The van der Waals surface area contributed by atoms with Gasteiger partial charge in [0.05, 0.1) is 18.7 Å². The van der Waals surface area contributed by atoms with E-state index in [0.29, 0.717) is 13.2 Å². The summed E-state index contributed by atoms with van der Waals surface area (Å²) in [4.78, 5) is 19.7. The van der Waals surface area contributed by atoms with Crippen molar-refractivity contribution in [1.82, 2.24) is 15.2 Å². The number of hydrogen-bond donors (Lipinski definition) is 1. The summed E-state index contributed by atoms with van der Waals surface area (Å²) in [5, 5.41) is 5.68. The molecule has 0 radical (unpaired) electrons. The number of nitrogens with one attached hydrogen (secondary N) is 1. The van der Waals surface area contributed by atoms with E-state index in [1.165, 1.54) is 21.9 Å². The maximum absolute atomic E-state index is 13.2. The molecule has 2 heterocycles. The lowest BCUT2D eigenvalue weighted by Crippen LogP contribution is -2.47. The maximum atomic E-state index is 13.2. The van der Waals surface area contributed by atoms with Crippen molar-refractivity contribution in [1.29, 1.82) is 0 Å². The Bertz CT molecular complexity index is 1260. The van der Waals surface area contributed by atoms with Gasteiger partial charge in [-0.05, 0) is 52.9 Å². The summed E-state index contributed by atoms with van der Waals surface area (Å²) in [6, 6.07) is 29.2. The van der Waals surface area contributed by atoms with Crippen molar-refractivity contribution in [3.63, 3.8) is 0 Å². The first-order chi connectivity index (χ1) is 17.7. The van der Waals surface area contributed by atoms with Crippen LogP contribution in [-0.4, -0.2) is 42.0 Å². The summed E-state index contributed by atoms with van der Waals surface area (Å²) in [7, 11) is 0. The van der Waals surface area contributed by atoms with Gasteiger partial charge >= 0.3 is 0 Å². The third-order valence-corrected chi connectivity index (χ3v) is 6.88. The largest absolute Gasteiger partial charge is 0.492 e. The molecule has 36 heavy (non-hydrogen) atoms. The van der Waals surface area contributed by atoms with Crippen LogP contribution in [0.1, 0.15) is 17.5 Å². The standard InChI is InChI=1S/C31H33N3O2/c35-31(33-16-14-24-7-2-1-3-8-24)29-18-26(23-36-30-11-6-15-32-19-30)21-34(22-29)20-25-12-13-27-9-4-5-10-28(27)17-25/h1-13,15,17,19,26,29H,14,16,18,20-23H2,(H,33,35)/t26-,29+/m0/s1. The minimum atomic E-state index is -0.0579. The average molecular weight is 480 g/mol. The molecule has 1 N–H and O–H groups in total. The lowest BCUT2D eigenvalue weighted by molar-refractivity contribution is -0.127. The SMILES string of the molecule is O=C(NCCc1ccccc1)[C@@H]1C[C@H](COc2cccnc2)CN(Cc2ccc3ccccc3c2)C1. The van der Waals surface area contributed by atoms with Crippen LogP contribution in [0.25, 0.3) is 10.8 Å². The number of pyridine rings is 1. The number of amides is 1. The average Bonchev–Trinajstić information content (AvgIpc) is 2.93. The van der Waals surface area contributed by atoms with E-state index in [4.69, 9.17) is 4.74 Å². The number of hydrogen-bond acceptors (Lipinski definition) is 4. The zero-order valence-corrected chi connectivity index (χ0v) is 20.6. The van der Waals surface area contributed by atoms with Crippen molar-refractivity contribution < 1.29 is 9.53 Å². The van der Waals surface area contributed by atoms with Gasteiger partial charge in [0.2, 0.25) is 5.91 Å². The highest BCUT2D eigenvalue weighted by atomic mass is 16.5. The van der Waals surface area contributed by atoms with Crippen molar-refractivity contribution in [3.8, 4) is 5.75 Å². The zero-order chi connectivity index (χ0) is 24.6. The molecule has 184 valence electrons. The van der Waals surface area contributed by atoms with E-state index in [-0.39, 0.29) is 17.7 Å². The lowest BCUT2D eigenvalue weighted by atomic mass is 9.88. The summed E-state index contributed by atoms with van der Waals surface area (Å²) >= 11 is 0. The van der Waals surface area contributed by atoms with Crippen LogP contribution in [0.15, 0.2) is 97.3 Å². The molecule has 1 aromatic heterocycles. The predicted molar refractivity (Wildman–Crippen MR) is 144 cm³/mol. The Hall–Kier alpha value is -3.70. The van der Waals surface area contributed by atoms with E-state index in [1.54, 1.807) is 12.4 Å². The highest BCUT2D eigenvalue weighted by Crippen LogP contribution is 2.26. The van der Waals surface area contributed by atoms with E-state index in [9.17, 15) is 4.79 Å². The van der Waals surface area contributed by atoms with Crippen molar-refractivity contribution in [3.05, 3.63) is 108 Å². The van der Waals surface area contributed by atoms with E-state index < -0.39 is 0 Å². The van der Waals surface area contributed by atoms with Gasteiger partial charge in [0.1, 0.15) is 5.75 Å². The molecule has 2 atom stereocenters. The van der Waals surface area contributed by atoms with Gasteiger partial charge < -0.3 is 10.1 Å². The van der Waals surface area contributed by atoms with Gasteiger partial charge in [0.25, 0.3) is 0 Å². The third-order valence-electron chi connectivity index (χ3n) is 6.88. The number of ether oxygens (including phenoxy) is 1. The Morgan fingerprint density at radius 1 is 0.917 bits per heavy atom. The van der Waals surface area contributed by atoms with Crippen LogP contribution in [0.5, 0.6) is 5.75 Å². The molecule has 5 nitrogen and oxygen atoms in total. The molecule has 1 aliphatic heterocycles. The minimum absolute atomic E-state index is 0.0579. The number of nitrogens with zero attached hydrogens (tertiary/aromatic N) is 2. The minimum Gasteiger partial charge on any atom is -0.492 e. The summed E-state index contributed by atoms with van der Waals surface area (Å²) in [5.41, 5.74) is 2.51. The highest BCUT2D eigenvalue weighted by molar-refractivity contribution is 5.83. The fraction of sp³-hybridized carbons (Fsp3) is 0.290. The van der Waals surface area contributed by atoms with Gasteiger partial charge in [0.15, 0.2) is 0 Å². The Kier molecular flexibility index (Phi) is 7.89. The molecule has 4 aromatic rings. The monoisotopic (exact) mass is 479 g/mol. The van der Waals surface area contributed by atoms with Gasteiger partial charge in [-0.3, -0.25) is 14.7 Å². The predicted octanol–water partition coefficient (Wildman–Crippen LogP) is 5.11. The van der Waals surface area contributed by atoms with Crippen LogP contribution < -0.4 is 10.1 Å². The van der Waals surface area contributed by atoms with E-state index >= 15 is 0 Å². The fourth-order valence-electron chi connectivity index (χ4n) is 5.10. The molecular formula is C31H33N3O2. The molecule has 0 spiro atoms. The Labute approximate surface area is 213 Å². The third kappa shape index (κ3) is 6.49. The van der Waals surface area contributed by atoms with E-state index in [2.05, 4.69) is 69.8 Å². The first-order valence-electron chi connectivity index (χ1n) is 12.8. The quantitative estimate of drug-likeness (QED) is 0.362. The number of rotatable bonds is 9. The number of fused-ring (bicyclic) bond motifs is 1. The molecular weight excluding hydrogens is 446 g/mol.